The molecule has 1 aromatic carbocycles. The van der Waals surface area contributed by atoms with Gasteiger partial charge in [-0.1, -0.05) is 6.92 Å². The van der Waals surface area contributed by atoms with Crippen LogP contribution in [0.15, 0.2) is 51.5 Å². The standard InChI is InChI=1S/C19H19N5O3/c1-2-9-24(12-17(25)21-15-7-5-14(11-20)6-8-15)13-18-22-23-19(27-18)16-4-3-10-26-16/h3-8,10H,2,9,12-13H2,1H3,(H,21,25)/p+1. The van der Waals surface area contributed by atoms with Gasteiger partial charge in [0, 0.05) is 5.69 Å². The van der Waals surface area contributed by atoms with E-state index in [-0.39, 0.29) is 12.5 Å². The Balaban J connectivity index is 1.59. The van der Waals surface area contributed by atoms with Crippen molar-refractivity contribution < 1.29 is 18.5 Å². The first-order valence-corrected chi connectivity index (χ1v) is 8.67. The lowest BCUT2D eigenvalue weighted by atomic mass is 10.2. The van der Waals surface area contributed by atoms with E-state index in [4.69, 9.17) is 14.1 Å². The summed E-state index contributed by atoms with van der Waals surface area (Å²) in [5.41, 5.74) is 1.21. The van der Waals surface area contributed by atoms with Crippen molar-refractivity contribution in [2.75, 3.05) is 18.4 Å². The third kappa shape index (κ3) is 5.03. The van der Waals surface area contributed by atoms with Gasteiger partial charge in [0.05, 0.1) is 24.4 Å². The van der Waals surface area contributed by atoms with Crippen molar-refractivity contribution in [2.24, 2.45) is 0 Å². The molecule has 0 bridgehead atoms. The fourth-order valence-corrected chi connectivity index (χ4v) is 2.69. The van der Waals surface area contributed by atoms with Crippen LogP contribution in [0.3, 0.4) is 0 Å². The zero-order valence-corrected chi connectivity index (χ0v) is 14.9. The van der Waals surface area contributed by atoms with Crippen LogP contribution in [0.4, 0.5) is 5.69 Å². The van der Waals surface area contributed by atoms with E-state index in [2.05, 4.69) is 22.4 Å². The number of rotatable bonds is 8. The molecule has 0 fully saturated rings. The van der Waals surface area contributed by atoms with Gasteiger partial charge >= 0.3 is 0 Å². The van der Waals surface area contributed by atoms with Gasteiger partial charge in [-0.2, -0.15) is 5.26 Å². The Bertz CT molecular complexity index is 910. The van der Waals surface area contributed by atoms with E-state index in [1.807, 2.05) is 6.07 Å². The van der Waals surface area contributed by atoms with Gasteiger partial charge in [-0.15, -0.1) is 10.2 Å². The quantitative estimate of drug-likeness (QED) is 0.627. The van der Waals surface area contributed by atoms with E-state index in [0.717, 1.165) is 17.9 Å². The summed E-state index contributed by atoms with van der Waals surface area (Å²) in [6, 6.07) is 12.3. The van der Waals surface area contributed by atoms with Crippen LogP contribution in [0, 0.1) is 11.3 Å². The van der Waals surface area contributed by atoms with Gasteiger partial charge < -0.3 is 19.1 Å². The largest absolute Gasteiger partial charge is 0.459 e. The Morgan fingerprint density at radius 2 is 2.07 bits per heavy atom. The monoisotopic (exact) mass is 366 g/mol. The number of nitrogens with zero attached hydrogens (tertiary/aromatic N) is 3. The molecule has 0 radical (unpaired) electrons. The van der Waals surface area contributed by atoms with Crippen molar-refractivity contribution in [1.29, 1.82) is 5.26 Å². The Morgan fingerprint density at radius 1 is 1.26 bits per heavy atom. The summed E-state index contributed by atoms with van der Waals surface area (Å²) >= 11 is 0. The lowest BCUT2D eigenvalue weighted by molar-refractivity contribution is -0.907. The maximum atomic E-state index is 12.4. The second-order valence-corrected chi connectivity index (χ2v) is 6.07. The molecule has 2 heterocycles. The highest BCUT2D eigenvalue weighted by molar-refractivity contribution is 5.91. The molecule has 2 N–H and O–H groups in total. The number of benzene rings is 1. The summed E-state index contributed by atoms with van der Waals surface area (Å²) in [6.45, 7) is 3.56. The Hall–Kier alpha value is -3.44. The highest BCUT2D eigenvalue weighted by Gasteiger charge is 2.19. The summed E-state index contributed by atoms with van der Waals surface area (Å²) in [6.07, 6.45) is 2.46. The van der Waals surface area contributed by atoms with Gasteiger partial charge in [0.25, 0.3) is 17.7 Å². The highest BCUT2D eigenvalue weighted by atomic mass is 16.4. The van der Waals surface area contributed by atoms with Crippen LogP contribution in [0.1, 0.15) is 24.8 Å². The maximum Gasteiger partial charge on any atom is 0.283 e. The van der Waals surface area contributed by atoms with Crippen LogP contribution in [0.25, 0.3) is 11.7 Å². The van der Waals surface area contributed by atoms with E-state index in [1.54, 1.807) is 42.7 Å². The fraction of sp³-hybridized carbons (Fsp3) is 0.263. The first kappa shape index (κ1) is 18.4. The smallest absolute Gasteiger partial charge is 0.283 e. The molecule has 3 aromatic rings. The molecule has 8 heteroatoms. The van der Waals surface area contributed by atoms with E-state index in [0.29, 0.717) is 35.3 Å². The molecule has 0 saturated heterocycles. The van der Waals surface area contributed by atoms with Crippen LogP contribution < -0.4 is 10.2 Å². The van der Waals surface area contributed by atoms with Crippen molar-refractivity contribution in [3.05, 3.63) is 54.1 Å². The predicted octanol–water partition coefficient (Wildman–Crippen LogP) is 1.63. The second kappa shape index (κ2) is 8.78. The molecule has 0 saturated carbocycles. The molecule has 27 heavy (non-hydrogen) atoms. The minimum atomic E-state index is -0.117. The van der Waals surface area contributed by atoms with E-state index >= 15 is 0 Å². The molecule has 8 nitrogen and oxygen atoms in total. The Labute approximate surface area is 156 Å². The van der Waals surface area contributed by atoms with E-state index in [9.17, 15) is 4.79 Å². The van der Waals surface area contributed by atoms with Crippen LogP contribution >= 0.6 is 0 Å². The van der Waals surface area contributed by atoms with Crippen LogP contribution in [0.5, 0.6) is 0 Å². The summed E-state index contributed by atoms with van der Waals surface area (Å²) in [5.74, 6) is 1.18. The summed E-state index contributed by atoms with van der Waals surface area (Å²) in [5, 5.41) is 19.7. The first-order chi connectivity index (χ1) is 13.2. The minimum absolute atomic E-state index is 0.117. The number of carbonyl (C=O) groups is 1. The average molecular weight is 366 g/mol. The van der Waals surface area contributed by atoms with Gasteiger partial charge in [0.2, 0.25) is 0 Å². The SMILES string of the molecule is CCC[NH+](CC(=O)Nc1ccc(C#N)cc1)Cc1nnc(-c2ccco2)o1. The molecule has 0 aliphatic heterocycles. The molecular formula is C19H20N5O3+. The first-order valence-electron chi connectivity index (χ1n) is 8.67. The van der Waals surface area contributed by atoms with Gasteiger partial charge in [-0.3, -0.25) is 4.79 Å². The molecular weight excluding hydrogens is 346 g/mol. The number of aromatic nitrogens is 2. The molecule has 1 unspecified atom stereocenters. The van der Waals surface area contributed by atoms with Gasteiger partial charge in [-0.05, 0) is 42.8 Å². The molecule has 0 aliphatic rings. The number of hydrogen-bond acceptors (Lipinski definition) is 6. The molecule has 0 aliphatic carbocycles. The van der Waals surface area contributed by atoms with E-state index < -0.39 is 0 Å². The van der Waals surface area contributed by atoms with Crippen molar-refractivity contribution in [3.8, 4) is 17.7 Å². The lowest BCUT2D eigenvalue weighted by Gasteiger charge is -2.16. The topological polar surface area (TPSA) is 109 Å². The van der Waals surface area contributed by atoms with Crippen LogP contribution in [-0.4, -0.2) is 29.2 Å². The summed E-state index contributed by atoms with van der Waals surface area (Å²) < 4.78 is 10.9. The predicted molar refractivity (Wildman–Crippen MR) is 96.5 cm³/mol. The molecule has 1 atom stereocenters. The molecule has 1 amide bonds. The summed E-state index contributed by atoms with van der Waals surface area (Å²) in [7, 11) is 0. The fourth-order valence-electron chi connectivity index (χ4n) is 2.69. The second-order valence-electron chi connectivity index (χ2n) is 6.07. The number of carbonyl (C=O) groups excluding carboxylic acids is 1. The Kier molecular flexibility index (Phi) is 5.97. The normalized spacial score (nSPS) is 11.7. The van der Waals surface area contributed by atoms with Gasteiger partial charge in [0.15, 0.2) is 18.8 Å². The molecule has 3 rings (SSSR count). The van der Waals surface area contributed by atoms with Crippen molar-refractivity contribution in [2.45, 2.75) is 19.9 Å². The highest BCUT2D eigenvalue weighted by Crippen LogP contribution is 2.17. The maximum absolute atomic E-state index is 12.4. The number of furan rings is 1. The number of anilines is 1. The number of quaternary nitrogens is 1. The van der Waals surface area contributed by atoms with Gasteiger partial charge in [-0.25, -0.2) is 0 Å². The number of amides is 1. The molecule has 0 spiro atoms. The summed E-state index contributed by atoms with van der Waals surface area (Å²) in [4.78, 5) is 13.4. The lowest BCUT2D eigenvalue weighted by Crippen LogP contribution is -3.11. The van der Waals surface area contributed by atoms with Crippen molar-refractivity contribution in [3.63, 3.8) is 0 Å². The molecule has 2 aromatic heterocycles. The van der Waals surface area contributed by atoms with E-state index in [1.165, 1.54) is 0 Å². The average Bonchev–Trinajstić information content (AvgIpc) is 3.34. The zero-order valence-electron chi connectivity index (χ0n) is 14.9. The third-order valence-electron chi connectivity index (χ3n) is 3.91. The number of nitrogens with one attached hydrogen (secondary N) is 2. The molecule has 138 valence electrons. The van der Waals surface area contributed by atoms with Crippen molar-refractivity contribution in [1.82, 2.24) is 10.2 Å². The van der Waals surface area contributed by atoms with Crippen LogP contribution in [-0.2, 0) is 11.3 Å². The minimum Gasteiger partial charge on any atom is -0.459 e. The number of nitriles is 1. The Morgan fingerprint density at radius 3 is 2.74 bits per heavy atom. The number of hydrogen-bond donors (Lipinski definition) is 2. The van der Waals surface area contributed by atoms with Crippen LogP contribution in [0.2, 0.25) is 0 Å². The van der Waals surface area contributed by atoms with Gasteiger partial charge in [0.1, 0.15) is 0 Å². The zero-order chi connectivity index (χ0) is 19.1. The third-order valence-corrected chi connectivity index (χ3v) is 3.91. The van der Waals surface area contributed by atoms with Crippen molar-refractivity contribution >= 4 is 11.6 Å².